The van der Waals surface area contributed by atoms with Crippen molar-refractivity contribution >= 4 is 17.6 Å². The minimum Gasteiger partial charge on any atom is -0.258 e. The molecule has 4 nitrogen and oxygen atoms in total. The van der Waals surface area contributed by atoms with Gasteiger partial charge in [0.1, 0.15) is 4.90 Å². The largest absolute Gasteiger partial charge is 0.284 e. The number of hydrogen-bond donors (Lipinski definition) is 0. The zero-order valence-corrected chi connectivity index (χ0v) is 16.7. The van der Waals surface area contributed by atoms with Crippen LogP contribution in [0, 0.1) is 16.0 Å². The van der Waals surface area contributed by atoms with Gasteiger partial charge in [-0.15, -0.1) is 0 Å². The Balaban J connectivity index is 1.89. The van der Waals surface area contributed by atoms with Crippen molar-refractivity contribution in [3.8, 4) is 11.1 Å². The molecule has 0 saturated heterocycles. The molecule has 0 radical (unpaired) electrons. The maximum absolute atomic E-state index is 11.8. The van der Waals surface area contributed by atoms with Gasteiger partial charge in [-0.3, -0.25) is 10.1 Å². The van der Waals surface area contributed by atoms with E-state index in [2.05, 4.69) is 54.6 Å². The van der Waals surface area contributed by atoms with E-state index >= 15 is 0 Å². The van der Waals surface area contributed by atoms with Crippen LogP contribution in [0.25, 0.3) is 11.1 Å². The number of rotatable bonds is 4. The minimum atomic E-state index is -0.273. The van der Waals surface area contributed by atoms with Gasteiger partial charge in [0.05, 0.1) is 4.92 Å². The van der Waals surface area contributed by atoms with Gasteiger partial charge in [-0.25, -0.2) is 4.31 Å². The summed E-state index contributed by atoms with van der Waals surface area (Å²) in [6.45, 7) is 5.13. The highest BCUT2D eigenvalue weighted by Gasteiger charge is 2.32. The van der Waals surface area contributed by atoms with Crippen molar-refractivity contribution < 1.29 is 4.92 Å². The first-order valence-electron chi connectivity index (χ1n) is 9.41. The predicted octanol–water partition coefficient (Wildman–Crippen LogP) is 6.48. The summed E-state index contributed by atoms with van der Waals surface area (Å²) in [5.74, 6) is 0.353. The van der Waals surface area contributed by atoms with Gasteiger partial charge in [0.2, 0.25) is 0 Å². The number of nitro groups is 1. The molecule has 3 aromatic rings. The van der Waals surface area contributed by atoms with Crippen LogP contribution in [-0.2, 0) is 6.54 Å². The monoisotopic (exact) mass is 390 g/mol. The fourth-order valence-electron chi connectivity index (χ4n) is 3.90. The number of hydrogen-bond acceptors (Lipinski definition) is 4. The van der Waals surface area contributed by atoms with Crippen LogP contribution in [0.5, 0.6) is 0 Å². The van der Waals surface area contributed by atoms with Crippen LogP contribution < -0.4 is 0 Å². The second kappa shape index (κ2) is 7.78. The van der Waals surface area contributed by atoms with Crippen molar-refractivity contribution in [1.29, 1.82) is 0 Å². The zero-order valence-electron chi connectivity index (χ0n) is 15.9. The lowest BCUT2D eigenvalue weighted by Crippen LogP contribution is -2.25. The fraction of sp³-hybridized carbons (Fsp3) is 0.217. The Morgan fingerprint density at radius 3 is 2.32 bits per heavy atom. The summed E-state index contributed by atoms with van der Waals surface area (Å²) in [4.78, 5) is 12.2. The van der Waals surface area contributed by atoms with E-state index in [-0.39, 0.29) is 16.7 Å². The third-order valence-electron chi connectivity index (χ3n) is 5.12. The molecule has 0 aliphatic carbocycles. The molecular formula is C23H22N2O2S. The highest BCUT2D eigenvalue weighted by Crippen LogP contribution is 2.48. The quantitative estimate of drug-likeness (QED) is 0.290. The van der Waals surface area contributed by atoms with E-state index in [0.717, 1.165) is 22.6 Å². The van der Waals surface area contributed by atoms with E-state index in [9.17, 15) is 10.1 Å². The standard InChI is InChI=1S/C23H22N2O2S/c1-16(2)22(17-9-4-3-5-10-17)24-15-18-11-6-7-12-19(18)20-13-8-14-21(25(26)27)23(20)28-24/h3-14,16,22H,15H2,1-2H3. The topological polar surface area (TPSA) is 46.4 Å². The molecule has 1 heterocycles. The third-order valence-corrected chi connectivity index (χ3v) is 6.32. The average Bonchev–Trinajstić information content (AvgIpc) is 2.85. The first-order chi connectivity index (χ1) is 13.6. The highest BCUT2D eigenvalue weighted by molar-refractivity contribution is 7.97. The number of nitro benzene ring substituents is 1. The van der Waals surface area contributed by atoms with Gasteiger partial charge >= 0.3 is 0 Å². The van der Waals surface area contributed by atoms with E-state index in [1.165, 1.54) is 23.1 Å². The van der Waals surface area contributed by atoms with Crippen LogP contribution in [0.2, 0.25) is 0 Å². The maximum atomic E-state index is 11.8. The number of fused-ring (bicyclic) bond motifs is 3. The van der Waals surface area contributed by atoms with Gasteiger partial charge in [-0.2, -0.15) is 0 Å². The second-order valence-electron chi connectivity index (χ2n) is 7.33. The molecule has 1 unspecified atom stereocenters. The molecule has 0 spiro atoms. The first kappa shape index (κ1) is 18.7. The molecule has 0 aromatic heterocycles. The smallest absolute Gasteiger partial charge is 0.258 e. The Morgan fingerprint density at radius 1 is 0.929 bits per heavy atom. The SMILES string of the molecule is CC(C)C(c1ccccc1)N1Cc2ccccc2-c2cccc([N+](=O)[O-])c2S1. The van der Waals surface area contributed by atoms with Crippen LogP contribution in [0.15, 0.2) is 77.7 Å². The molecule has 0 N–H and O–H groups in total. The van der Waals surface area contributed by atoms with E-state index in [1.807, 2.05) is 24.3 Å². The molecule has 5 heteroatoms. The van der Waals surface area contributed by atoms with Gasteiger partial charge in [0.25, 0.3) is 5.69 Å². The van der Waals surface area contributed by atoms with Gasteiger partial charge in [0.15, 0.2) is 0 Å². The van der Waals surface area contributed by atoms with Crippen LogP contribution in [0.1, 0.15) is 31.0 Å². The molecule has 1 aliphatic heterocycles. The Kier molecular flexibility index (Phi) is 5.20. The summed E-state index contributed by atoms with van der Waals surface area (Å²) in [7, 11) is 0. The predicted molar refractivity (Wildman–Crippen MR) is 114 cm³/mol. The summed E-state index contributed by atoms with van der Waals surface area (Å²) < 4.78 is 2.30. The van der Waals surface area contributed by atoms with Crippen molar-refractivity contribution in [2.75, 3.05) is 0 Å². The molecular weight excluding hydrogens is 368 g/mol. The first-order valence-corrected chi connectivity index (χ1v) is 10.2. The number of benzene rings is 3. The van der Waals surface area contributed by atoms with Crippen LogP contribution in [0.3, 0.4) is 0 Å². The molecule has 3 aromatic carbocycles. The summed E-state index contributed by atoms with van der Waals surface area (Å²) in [5.41, 5.74) is 4.60. The van der Waals surface area contributed by atoms with E-state index in [4.69, 9.17) is 0 Å². The summed E-state index contributed by atoms with van der Waals surface area (Å²) in [5, 5.41) is 11.8. The van der Waals surface area contributed by atoms with Crippen molar-refractivity contribution in [3.05, 3.63) is 94.0 Å². The molecule has 4 rings (SSSR count). The average molecular weight is 391 g/mol. The molecule has 0 fully saturated rings. The lowest BCUT2D eigenvalue weighted by atomic mass is 9.94. The van der Waals surface area contributed by atoms with Crippen LogP contribution >= 0.6 is 11.9 Å². The van der Waals surface area contributed by atoms with Crippen molar-refractivity contribution in [2.24, 2.45) is 5.92 Å². The number of nitrogens with zero attached hydrogens (tertiary/aromatic N) is 2. The van der Waals surface area contributed by atoms with Gasteiger partial charge < -0.3 is 0 Å². The maximum Gasteiger partial charge on any atom is 0.284 e. The van der Waals surface area contributed by atoms with E-state index in [1.54, 1.807) is 12.1 Å². The Bertz CT molecular complexity index is 1000. The second-order valence-corrected chi connectivity index (χ2v) is 8.39. The fourth-order valence-corrected chi connectivity index (χ4v) is 5.33. The van der Waals surface area contributed by atoms with Crippen LogP contribution in [0.4, 0.5) is 5.69 Å². The Morgan fingerprint density at radius 2 is 1.61 bits per heavy atom. The Hall–Kier alpha value is -2.63. The van der Waals surface area contributed by atoms with Gasteiger partial charge in [-0.1, -0.05) is 80.6 Å². The van der Waals surface area contributed by atoms with E-state index < -0.39 is 0 Å². The minimum absolute atomic E-state index is 0.144. The molecule has 28 heavy (non-hydrogen) atoms. The lowest BCUT2D eigenvalue weighted by molar-refractivity contribution is -0.387. The Labute approximate surface area is 169 Å². The van der Waals surface area contributed by atoms with Crippen LogP contribution in [-0.4, -0.2) is 9.23 Å². The van der Waals surface area contributed by atoms with Gasteiger partial charge in [-0.05, 0) is 34.6 Å². The van der Waals surface area contributed by atoms with Crippen molar-refractivity contribution in [3.63, 3.8) is 0 Å². The normalized spacial score (nSPS) is 14.8. The van der Waals surface area contributed by atoms with E-state index in [0.29, 0.717) is 5.92 Å². The summed E-state index contributed by atoms with van der Waals surface area (Å²) in [6, 6.07) is 24.1. The third kappa shape index (κ3) is 3.43. The zero-order chi connectivity index (χ0) is 19.7. The summed E-state index contributed by atoms with van der Waals surface area (Å²) in [6.07, 6.45) is 0. The highest BCUT2D eigenvalue weighted by atomic mass is 32.2. The van der Waals surface area contributed by atoms with Crippen molar-refractivity contribution in [2.45, 2.75) is 31.3 Å². The molecule has 0 saturated carbocycles. The molecule has 142 valence electrons. The molecule has 0 amide bonds. The summed E-state index contributed by atoms with van der Waals surface area (Å²) >= 11 is 1.51. The molecule has 0 bridgehead atoms. The molecule has 1 atom stereocenters. The van der Waals surface area contributed by atoms with Crippen molar-refractivity contribution in [1.82, 2.24) is 4.31 Å². The lowest BCUT2D eigenvalue weighted by Gasteiger charge is -2.33. The van der Waals surface area contributed by atoms with Gasteiger partial charge in [0, 0.05) is 24.2 Å². The molecule has 1 aliphatic rings.